The van der Waals surface area contributed by atoms with Crippen LogP contribution in [0.15, 0.2) is 48.5 Å². The fourth-order valence-electron chi connectivity index (χ4n) is 2.55. The highest BCUT2D eigenvalue weighted by molar-refractivity contribution is 5.94. The third kappa shape index (κ3) is 5.13. The van der Waals surface area contributed by atoms with Crippen molar-refractivity contribution in [3.05, 3.63) is 71.0 Å². The molecule has 0 saturated heterocycles. The summed E-state index contributed by atoms with van der Waals surface area (Å²) in [6.45, 7) is 4.58. The average molecular weight is 340 g/mol. The van der Waals surface area contributed by atoms with Crippen molar-refractivity contribution in [3.8, 4) is 6.07 Å². The Morgan fingerprint density at radius 2 is 1.72 bits per heavy atom. The smallest absolute Gasteiger partial charge is 0.253 e. The molecule has 0 aliphatic carbocycles. The van der Waals surface area contributed by atoms with Gasteiger partial charge in [-0.15, -0.1) is 0 Å². The Labute approximate surface area is 147 Å². The van der Waals surface area contributed by atoms with Crippen LogP contribution in [0.3, 0.4) is 0 Å². The first-order valence-corrected chi connectivity index (χ1v) is 8.13. The van der Waals surface area contributed by atoms with Crippen LogP contribution in [-0.4, -0.2) is 29.0 Å². The highest BCUT2D eigenvalue weighted by Gasteiger charge is 2.21. The predicted octanol–water partition coefficient (Wildman–Crippen LogP) is 3.53. The molecule has 0 spiro atoms. The van der Waals surface area contributed by atoms with Gasteiger partial charge in [-0.25, -0.2) is 4.39 Å². The number of nitrogens with zero attached hydrogens (tertiary/aromatic N) is 2. The van der Waals surface area contributed by atoms with Crippen molar-refractivity contribution in [2.75, 3.05) is 13.1 Å². The molecule has 2 aromatic carbocycles. The van der Waals surface area contributed by atoms with Crippen LogP contribution in [0.2, 0.25) is 0 Å². The monoisotopic (exact) mass is 340 g/mol. The van der Waals surface area contributed by atoms with Crippen molar-refractivity contribution in [1.82, 2.24) is 4.90 Å². The van der Waals surface area contributed by atoms with E-state index in [0.29, 0.717) is 23.2 Å². The minimum Gasteiger partial charge on any atom is -0.387 e. The van der Waals surface area contributed by atoms with E-state index in [9.17, 15) is 14.3 Å². The van der Waals surface area contributed by atoms with Crippen molar-refractivity contribution in [2.45, 2.75) is 20.0 Å². The van der Waals surface area contributed by atoms with E-state index in [-0.39, 0.29) is 24.2 Å². The number of benzene rings is 2. The molecular formula is C20H21FN2O2. The maximum Gasteiger partial charge on any atom is 0.253 e. The molecule has 1 unspecified atom stereocenters. The largest absolute Gasteiger partial charge is 0.387 e. The lowest BCUT2D eigenvalue weighted by atomic mass is 10.1. The molecule has 0 aliphatic heterocycles. The first-order valence-electron chi connectivity index (χ1n) is 8.13. The summed E-state index contributed by atoms with van der Waals surface area (Å²) in [6.07, 6.45) is -0.901. The van der Waals surface area contributed by atoms with Gasteiger partial charge in [-0.1, -0.05) is 26.0 Å². The van der Waals surface area contributed by atoms with Crippen molar-refractivity contribution in [2.24, 2.45) is 5.92 Å². The summed E-state index contributed by atoms with van der Waals surface area (Å²) in [7, 11) is 0. The van der Waals surface area contributed by atoms with E-state index in [4.69, 9.17) is 5.26 Å². The number of amides is 1. The van der Waals surface area contributed by atoms with Crippen LogP contribution in [-0.2, 0) is 0 Å². The summed E-state index contributed by atoms with van der Waals surface area (Å²) in [6, 6.07) is 14.0. The second-order valence-electron chi connectivity index (χ2n) is 6.36. The Bertz CT molecular complexity index is 749. The number of aliphatic hydroxyl groups excluding tert-OH is 1. The van der Waals surface area contributed by atoms with Crippen LogP contribution in [0, 0.1) is 23.1 Å². The molecule has 2 rings (SSSR count). The summed E-state index contributed by atoms with van der Waals surface area (Å²) in [5.41, 5.74) is 1.51. The van der Waals surface area contributed by atoms with Crippen molar-refractivity contribution < 1.29 is 14.3 Å². The maximum absolute atomic E-state index is 13.0. The summed E-state index contributed by atoms with van der Waals surface area (Å²) in [4.78, 5) is 14.4. The molecule has 25 heavy (non-hydrogen) atoms. The molecule has 2 aromatic rings. The summed E-state index contributed by atoms with van der Waals surface area (Å²) in [5.74, 6) is -0.356. The summed E-state index contributed by atoms with van der Waals surface area (Å²) in [5, 5.41) is 19.3. The van der Waals surface area contributed by atoms with E-state index in [0.717, 1.165) is 0 Å². The topological polar surface area (TPSA) is 64.3 Å². The lowest BCUT2D eigenvalue weighted by Crippen LogP contribution is -2.37. The highest BCUT2D eigenvalue weighted by Crippen LogP contribution is 2.18. The number of rotatable bonds is 6. The second kappa shape index (κ2) is 8.41. The van der Waals surface area contributed by atoms with Crippen LogP contribution in [0.1, 0.15) is 41.4 Å². The number of carbonyl (C=O) groups is 1. The number of nitriles is 1. The van der Waals surface area contributed by atoms with Gasteiger partial charge in [0.1, 0.15) is 5.82 Å². The van der Waals surface area contributed by atoms with Crippen LogP contribution in [0.5, 0.6) is 0 Å². The molecule has 0 radical (unpaired) electrons. The molecule has 1 N–H and O–H groups in total. The molecule has 0 bridgehead atoms. The number of hydrogen-bond acceptors (Lipinski definition) is 3. The van der Waals surface area contributed by atoms with Gasteiger partial charge in [0.25, 0.3) is 5.91 Å². The molecule has 1 atom stereocenters. The highest BCUT2D eigenvalue weighted by atomic mass is 19.1. The molecular weight excluding hydrogens is 319 g/mol. The third-order valence-electron chi connectivity index (χ3n) is 3.78. The zero-order valence-electron chi connectivity index (χ0n) is 14.3. The molecule has 5 heteroatoms. The minimum absolute atomic E-state index is 0.114. The van der Waals surface area contributed by atoms with Gasteiger partial charge >= 0.3 is 0 Å². The zero-order valence-corrected chi connectivity index (χ0v) is 14.3. The molecule has 0 heterocycles. The van der Waals surface area contributed by atoms with Gasteiger partial charge in [-0.3, -0.25) is 4.79 Å². The van der Waals surface area contributed by atoms with Crippen LogP contribution in [0.25, 0.3) is 0 Å². The lowest BCUT2D eigenvalue weighted by Gasteiger charge is -2.27. The normalized spacial score (nSPS) is 11.8. The zero-order chi connectivity index (χ0) is 18.4. The maximum atomic E-state index is 13.0. The second-order valence-corrected chi connectivity index (χ2v) is 6.36. The Kier molecular flexibility index (Phi) is 6.26. The summed E-state index contributed by atoms with van der Waals surface area (Å²) < 4.78 is 13.0. The minimum atomic E-state index is -0.901. The summed E-state index contributed by atoms with van der Waals surface area (Å²) >= 11 is 0. The third-order valence-corrected chi connectivity index (χ3v) is 3.78. The van der Waals surface area contributed by atoms with Gasteiger partial charge < -0.3 is 10.0 Å². The van der Waals surface area contributed by atoms with E-state index >= 15 is 0 Å². The quantitative estimate of drug-likeness (QED) is 0.875. The first-order chi connectivity index (χ1) is 11.9. The average Bonchev–Trinajstić information content (AvgIpc) is 2.60. The fourth-order valence-corrected chi connectivity index (χ4v) is 2.55. The Balaban J connectivity index is 2.18. The van der Waals surface area contributed by atoms with Gasteiger partial charge in [-0.05, 0) is 47.9 Å². The van der Waals surface area contributed by atoms with Crippen molar-refractivity contribution in [3.63, 3.8) is 0 Å². The SMILES string of the molecule is CC(C)CN(CC(O)c1ccc(F)cc1)C(=O)c1ccc(C#N)cc1. The Morgan fingerprint density at radius 3 is 2.24 bits per heavy atom. The number of hydrogen-bond donors (Lipinski definition) is 1. The van der Waals surface area contributed by atoms with Crippen LogP contribution < -0.4 is 0 Å². The van der Waals surface area contributed by atoms with E-state index < -0.39 is 6.10 Å². The molecule has 0 saturated carbocycles. The van der Waals surface area contributed by atoms with E-state index in [2.05, 4.69) is 0 Å². The molecule has 0 aromatic heterocycles. The molecule has 0 aliphatic rings. The fraction of sp³-hybridized carbons (Fsp3) is 0.300. The van der Waals surface area contributed by atoms with E-state index in [1.54, 1.807) is 29.2 Å². The standard InChI is InChI=1S/C20H21FN2O2/c1-14(2)12-23(13-19(24)16-7-9-18(21)10-8-16)20(25)17-5-3-15(11-22)4-6-17/h3-10,14,19,24H,12-13H2,1-2H3. The van der Waals surface area contributed by atoms with Gasteiger partial charge in [0.15, 0.2) is 0 Å². The van der Waals surface area contributed by atoms with Crippen molar-refractivity contribution >= 4 is 5.91 Å². The Morgan fingerprint density at radius 1 is 1.12 bits per heavy atom. The van der Waals surface area contributed by atoms with E-state index in [1.807, 2.05) is 19.9 Å². The number of carbonyl (C=O) groups excluding carboxylic acids is 1. The van der Waals surface area contributed by atoms with Gasteiger partial charge in [0, 0.05) is 12.1 Å². The van der Waals surface area contributed by atoms with E-state index in [1.165, 1.54) is 24.3 Å². The number of halogens is 1. The first kappa shape index (κ1) is 18.6. The molecule has 1 amide bonds. The van der Waals surface area contributed by atoms with Gasteiger partial charge in [0.05, 0.1) is 24.3 Å². The van der Waals surface area contributed by atoms with Crippen LogP contribution >= 0.6 is 0 Å². The molecule has 0 fully saturated rings. The van der Waals surface area contributed by atoms with Crippen molar-refractivity contribution in [1.29, 1.82) is 5.26 Å². The number of aliphatic hydroxyl groups is 1. The lowest BCUT2D eigenvalue weighted by molar-refractivity contribution is 0.0594. The predicted molar refractivity (Wildman–Crippen MR) is 93.3 cm³/mol. The molecule has 4 nitrogen and oxygen atoms in total. The van der Waals surface area contributed by atoms with Crippen LogP contribution in [0.4, 0.5) is 4.39 Å². The van der Waals surface area contributed by atoms with Gasteiger partial charge in [0.2, 0.25) is 0 Å². The van der Waals surface area contributed by atoms with Gasteiger partial charge in [-0.2, -0.15) is 5.26 Å². The Hall–Kier alpha value is -2.71. The molecule has 130 valence electrons.